The average molecular weight is 389 g/mol. The van der Waals surface area contributed by atoms with Gasteiger partial charge in [-0.15, -0.1) is 0 Å². The summed E-state index contributed by atoms with van der Waals surface area (Å²) in [5, 5.41) is 3.40. The van der Waals surface area contributed by atoms with E-state index < -0.39 is 6.04 Å². The molecule has 0 aliphatic heterocycles. The highest BCUT2D eigenvalue weighted by atomic mass is 35.5. The Morgan fingerprint density at radius 2 is 1.67 bits per heavy atom. The number of nitrogens with zero attached hydrogens (tertiary/aromatic N) is 1. The van der Waals surface area contributed by atoms with Gasteiger partial charge in [0.05, 0.1) is 0 Å². The van der Waals surface area contributed by atoms with Gasteiger partial charge in [0.2, 0.25) is 5.91 Å². The Kier molecular flexibility index (Phi) is 7.67. The Morgan fingerprint density at radius 3 is 2.30 bits per heavy atom. The minimum Gasteiger partial charge on any atom is -0.484 e. The number of hydrogen-bond acceptors (Lipinski definition) is 3. The fourth-order valence-corrected chi connectivity index (χ4v) is 2.74. The lowest BCUT2D eigenvalue weighted by Gasteiger charge is -2.29. The minimum atomic E-state index is -0.657. The zero-order chi connectivity index (χ0) is 19.8. The van der Waals surface area contributed by atoms with Crippen molar-refractivity contribution in [3.63, 3.8) is 0 Å². The third kappa shape index (κ3) is 6.29. The van der Waals surface area contributed by atoms with Gasteiger partial charge >= 0.3 is 0 Å². The summed E-state index contributed by atoms with van der Waals surface area (Å²) in [4.78, 5) is 26.8. The van der Waals surface area contributed by atoms with Gasteiger partial charge in [-0.25, -0.2) is 0 Å². The standard InChI is InChI=1S/C21H25ClN2O3/c1-15(2)23-21(26)16(3)24(13-17-9-7-8-12-19(17)22)20(25)14-27-18-10-5-4-6-11-18/h4-12,15-16H,13-14H2,1-3H3,(H,23,26). The fourth-order valence-electron chi connectivity index (χ4n) is 2.54. The van der Waals surface area contributed by atoms with Crippen LogP contribution in [0.3, 0.4) is 0 Å². The van der Waals surface area contributed by atoms with Crippen LogP contribution in [0.5, 0.6) is 5.75 Å². The molecule has 0 heterocycles. The van der Waals surface area contributed by atoms with E-state index in [1.54, 1.807) is 25.1 Å². The van der Waals surface area contributed by atoms with Crippen molar-refractivity contribution >= 4 is 23.4 Å². The first-order valence-electron chi connectivity index (χ1n) is 8.89. The van der Waals surface area contributed by atoms with Crippen LogP contribution in [0.4, 0.5) is 0 Å². The maximum atomic E-state index is 12.8. The van der Waals surface area contributed by atoms with Crippen molar-refractivity contribution in [2.45, 2.75) is 39.4 Å². The second-order valence-electron chi connectivity index (χ2n) is 6.55. The molecule has 0 saturated heterocycles. The molecule has 0 aromatic heterocycles. The van der Waals surface area contributed by atoms with Crippen molar-refractivity contribution in [3.05, 3.63) is 65.2 Å². The summed E-state index contributed by atoms with van der Waals surface area (Å²) in [5.74, 6) is 0.0955. The Balaban J connectivity index is 2.15. The van der Waals surface area contributed by atoms with E-state index in [2.05, 4.69) is 5.32 Å². The molecule has 0 fully saturated rings. The van der Waals surface area contributed by atoms with Crippen LogP contribution >= 0.6 is 11.6 Å². The number of carbonyl (C=O) groups is 2. The maximum absolute atomic E-state index is 12.8. The highest BCUT2D eigenvalue weighted by Gasteiger charge is 2.27. The summed E-state index contributed by atoms with van der Waals surface area (Å²) >= 11 is 6.24. The summed E-state index contributed by atoms with van der Waals surface area (Å²) in [7, 11) is 0. The Labute approximate surface area is 165 Å². The van der Waals surface area contributed by atoms with E-state index >= 15 is 0 Å². The van der Waals surface area contributed by atoms with E-state index in [4.69, 9.17) is 16.3 Å². The molecule has 144 valence electrons. The maximum Gasteiger partial charge on any atom is 0.261 e. The molecule has 2 aromatic carbocycles. The van der Waals surface area contributed by atoms with E-state index in [0.29, 0.717) is 10.8 Å². The lowest BCUT2D eigenvalue weighted by Crippen LogP contribution is -2.50. The Morgan fingerprint density at radius 1 is 1.04 bits per heavy atom. The molecule has 2 amide bonds. The SMILES string of the molecule is CC(C)NC(=O)C(C)N(Cc1ccccc1Cl)C(=O)COc1ccccc1. The molecule has 0 bridgehead atoms. The molecule has 5 nitrogen and oxygen atoms in total. The molecule has 0 saturated carbocycles. The van der Waals surface area contributed by atoms with E-state index in [1.165, 1.54) is 4.90 Å². The van der Waals surface area contributed by atoms with E-state index in [-0.39, 0.29) is 31.0 Å². The van der Waals surface area contributed by atoms with Gasteiger partial charge in [0.15, 0.2) is 6.61 Å². The minimum absolute atomic E-state index is 0.0159. The van der Waals surface area contributed by atoms with E-state index in [1.807, 2.05) is 50.2 Å². The summed E-state index contributed by atoms with van der Waals surface area (Å²) in [6, 6.07) is 15.7. The van der Waals surface area contributed by atoms with Gasteiger partial charge in [-0.05, 0) is 44.5 Å². The molecule has 1 N–H and O–H groups in total. The summed E-state index contributed by atoms with van der Waals surface area (Å²) in [6.07, 6.45) is 0. The summed E-state index contributed by atoms with van der Waals surface area (Å²) in [6.45, 7) is 5.53. The second kappa shape index (κ2) is 9.97. The number of amides is 2. The molecule has 2 rings (SSSR count). The first-order chi connectivity index (χ1) is 12.9. The monoisotopic (exact) mass is 388 g/mol. The zero-order valence-electron chi connectivity index (χ0n) is 15.8. The van der Waals surface area contributed by atoms with Crippen molar-refractivity contribution < 1.29 is 14.3 Å². The Hall–Kier alpha value is -2.53. The van der Waals surface area contributed by atoms with Gasteiger partial charge in [0.25, 0.3) is 5.91 Å². The van der Waals surface area contributed by atoms with Crippen LogP contribution < -0.4 is 10.1 Å². The van der Waals surface area contributed by atoms with Crippen LogP contribution in [0.25, 0.3) is 0 Å². The fraction of sp³-hybridized carbons (Fsp3) is 0.333. The number of benzene rings is 2. The molecule has 0 radical (unpaired) electrons. The van der Waals surface area contributed by atoms with Crippen LogP contribution in [0.1, 0.15) is 26.3 Å². The molecule has 1 atom stereocenters. The molecular weight excluding hydrogens is 364 g/mol. The molecular formula is C21H25ClN2O3. The van der Waals surface area contributed by atoms with E-state index in [0.717, 1.165) is 5.56 Å². The van der Waals surface area contributed by atoms with Crippen molar-refractivity contribution in [1.82, 2.24) is 10.2 Å². The van der Waals surface area contributed by atoms with Gasteiger partial charge in [0.1, 0.15) is 11.8 Å². The smallest absolute Gasteiger partial charge is 0.261 e. The molecule has 1 unspecified atom stereocenters. The topological polar surface area (TPSA) is 58.6 Å². The lowest BCUT2D eigenvalue weighted by atomic mass is 10.1. The number of carbonyl (C=O) groups excluding carboxylic acids is 2. The largest absolute Gasteiger partial charge is 0.484 e. The third-order valence-corrected chi connectivity index (χ3v) is 4.37. The molecule has 27 heavy (non-hydrogen) atoms. The van der Waals surface area contributed by atoms with Crippen LogP contribution in [0.2, 0.25) is 5.02 Å². The van der Waals surface area contributed by atoms with Gasteiger partial charge in [-0.1, -0.05) is 48.0 Å². The zero-order valence-corrected chi connectivity index (χ0v) is 16.6. The van der Waals surface area contributed by atoms with Crippen molar-refractivity contribution in [2.75, 3.05) is 6.61 Å². The van der Waals surface area contributed by atoms with E-state index in [9.17, 15) is 9.59 Å². The van der Waals surface area contributed by atoms with Crippen LogP contribution in [-0.2, 0) is 16.1 Å². The van der Waals surface area contributed by atoms with Gasteiger partial charge < -0.3 is 15.0 Å². The lowest BCUT2D eigenvalue weighted by molar-refractivity contribution is -0.142. The van der Waals surface area contributed by atoms with Crippen molar-refractivity contribution in [2.24, 2.45) is 0 Å². The van der Waals surface area contributed by atoms with Gasteiger partial charge in [-0.3, -0.25) is 9.59 Å². The number of halogens is 1. The molecule has 2 aromatic rings. The number of nitrogens with one attached hydrogen (secondary N) is 1. The number of rotatable bonds is 8. The predicted octanol–water partition coefficient (Wildman–Crippen LogP) is 3.66. The quantitative estimate of drug-likeness (QED) is 0.750. The summed E-state index contributed by atoms with van der Waals surface area (Å²) < 4.78 is 5.57. The van der Waals surface area contributed by atoms with Gasteiger partial charge in [0, 0.05) is 17.6 Å². The highest BCUT2D eigenvalue weighted by Crippen LogP contribution is 2.19. The first-order valence-corrected chi connectivity index (χ1v) is 9.27. The Bertz CT molecular complexity index is 765. The van der Waals surface area contributed by atoms with Crippen LogP contribution in [-0.4, -0.2) is 35.4 Å². The molecule has 6 heteroatoms. The number of hydrogen-bond donors (Lipinski definition) is 1. The second-order valence-corrected chi connectivity index (χ2v) is 6.96. The molecule has 0 aliphatic carbocycles. The van der Waals surface area contributed by atoms with Crippen LogP contribution in [0.15, 0.2) is 54.6 Å². The third-order valence-electron chi connectivity index (χ3n) is 4.00. The average Bonchev–Trinajstić information content (AvgIpc) is 2.65. The summed E-state index contributed by atoms with van der Waals surface area (Å²) in [5.41, 5.74) is 0.774. The number of para-hydroxylation sites is 1. The van der Waals surface area contributed by atoms with Crippen molar-refractivity contribution in [1.29, 1.82) is 0 Å². The normalized spacial score (nSPS) is 11.7. The predicted molar refractivity (Wildman–Crippen MR) is 107 cm³/mol. The molecule has 0 spiro atoms. The number of ether oxygens (including phenoxy) is 1. The molecule has 0 aliphatic rings. The van der Waals surface area contributed by atoms with Gasteiger partial charge in [-0.2, -0.15) is 0 Å². The first kappa shape index (κ1) is 20.8. The van der Waals surface area contributed by atoms with Crippen LogP contribution in [0, 0.1) is 0 Å². The van der Waals surface area contributed by atoms with Crippen molar-refractivity contribution in [3.8, 4) is 5.75 Å². The highest BCUT2D eigenvalue weighted by molar-refractivity contribution is 6.31.